The standard InChI is InChI=1S/C15H30N4O/c1-13-4-6-16-14(12-13)15(20)17-5-3-7-19-10-8-18(2)9-11-19/h13-14,16H,3-12H2,1-2H3,(H,17,20). The molecule has 2 atom stereocenters. The maximum atomic E-state index is 12.0. The molecule has 5 nitrogen and oxygen atoms in total. The third-order valence-electron chi connectivity index (χ3n) is 4.53. The first-order valence-electron chi connectivity index (χ1n) is 8.07. The van der Waals surface area contributed by atoms with Crippen LogP contribution in [0.3, 0.4) is 0 Å². The lowest BCUT2D eigenvalue weighted by atomic mass is 9.94. The number of amides is 1. The lowest BCUT2D eigenvalue weighted by Gasteiger charge is -2.32. The Balaban J connectivity index is 1.55. The lowest BCUT2D eigenvalue weighted by Crippen LogP contribution is -2.49. The van der Waals surface area contributed by atoms with E-state index >= 15 is 0 Å². The number of likely N-dealkylation sites (N-methyl/N-ethyl adjacent to an activating group) is 1. The molecule has 0 saturated carbocycles. The van der Waals surface area contributed by atoms with Gasteiger partial charge in [0, 0.05) is 32.7 Å². The van der Waals surface area contributed by atoms with E-state index in [1.165, 1.54) is 6.42 Å². The molecule has 2 heterocycles. The molecule has 2 aliphatic rings. The van der Waals surface area contributed by atoms with Gasteiger partial charge < -0.3 is 20.4 Å². The maximum Gasteiger partial charge on any atom is 0.237 e. The van der Waals surface area contributed by atoms with Crippen molar-refractivity contribution in [3.05, 3.63) is 0 Å². The summed E-state index contributed by atoms with van der Waals surface area (Å²) in [5, 5.41) is 6.40. The number of rotatable bonds is 5. The molecule has 0 aromatic heterocycles. The van der Waals surface area contributed by atoms with E-state index in [9.17, 15) is 4.79 Å². The van der Waals surface area contributed by atoms with Crippen LogP contribution in [0.15, 0.2) is 0 Å². The fourth-order valence-electron chi connectivity index (χ4n) is 3.02. The zero-order chi connectivity index (χ0) is 14.4. The molecule has 2 saturated heterocycles. The first-order chi connectivity index (χ1) is 9.65. The fourth-order valence-corrected chi connectivity index (χ4v) is 3.02. The third kappa shape index (κ3) is 5.04. The van der Waals surface area contributed by atoms with Crippen molar-refractivity contribution in [3.63, 3.8) is 0 Å². The van der Waals surface area contributed by atoms with E-state index in [4.69, 9.17) is 0 Å². The van der Waals surface area contributed by atoms with Crippen LogP contribution in [0.25, 0.3) is 0 Å². The Bertz CT molecular complexity index is 302. The van der Waals surface area contributed by atoms with Gasteiger partial charge >= 0.3 is 0 Å². The molecule has 20 heavy (non-hydrogen) atoms. The molecule has 2 aliphatic heterocycles. The van der Waals surface area contributed by atoms with Crippen molar-refractivity contribution in [3.8, 4) is 0 Å². The minimum absolute atomic E-state index is 0.0300. The van der Waals surface area contributed by atoms with E-state index in [1.54, 1.807) is 0 Å². The van der Waals surface area contributed by atoms with Gasteiger partial charge in [-0.05, 0) is 45.3 Å². The van der Waals surface area contributed by atoms with E-state index < -0.39 is 0 Å². The number of nitrogens with one attached hydrogen (secondary N) is 2. The second kappa shape index (κ2) is 7.96. The Morgan fingerprint density at radius 1 is 1.30 bits per heavy atom. The average Bonchev–Trinajstić information content (AvgIpc) is 2.45. The molecule has 5 heteroatoms. The van der Waals surface area contributed by atoms with Crippen molar-refractivity contribution in [1.29, 1.82) is 0 Å². The first-order valence-corrected chi connectivity index (χ1v) is 8.07. The van der Waals surface area contributed by atoms with Gasteiger partial charge in [-0.3, -0.25) is 4.79 Å². The van der Waals surface area contributed by atoms with Crippen molar-refractivity contribution in [2.45, 2.75) is 32.2 Å². The van der Waals surface area contributed by atoms with Crippen molar-refractivity contribution in [1.82, 2.24) is 20.4 Å². The predicted octanol–water partition coefficient (Wildman–Crippen LogP) is 0.128. The number of hydrogen-bond acceptors (Lipinski definition) is 4. The van der Waals surface area contributed by atoms with Crippen molar-refractivity contribution >= 4 is 5.91 Å². The molecule has 0 aromatic carbocycles. The van der Waals surface area contributed by atoms with E-state index in [2.05, 4.69) is 34.4 Å². The zero-order valence-electron chi connectivity index (χ0n) is 13.0. The molecule has 0 aromatic rings. The molecule has 0 spiro atoms. The highest BCUT2D eigenvalue weighted by Crippen LogP contribution is 2.14. The summed E-state index contributed by atoms with van der Waals surface area (Å²) in [6.07, 6.45) is 3.22. The minimum Gasteiger partial charge on any atom is -0.355 e. The van der Waals surface area contributed by atoms with Crippen LogP contribution in [-0.2, 0) is 4.79 Å². The van der Waals surface area contributed by atoms with Gasteiger partial charge in [-0.25, -0.2) is 0 Å². The van der Waals surface area contributed by atoms with Gasteiger partial charge in [0.25, 0.3) is 0 Å². The molecule has 2 N–H and O–H groups in total. The quantitative estimate of drug-likeness (QED) is 0.704. The molecule has 2 unspecified atom stereocenters. The monoisotopic (exact) mass is 282 g/mol. The lowest BCUT2D eigenvalue weighted by molar-refractivity contribution is -0.124. The van der Waals surface area contributed by atoms with Crippen LogP contribution in [0, 0.1) is 5.92 Å². The van der Waals surface area contributed by atoms with Gasteiger partial charge in [-0.2, -0.15) is 0 Å². The van der Waals surface area contributed by atoms with Crippen LogP contribution >= 0.6 is 0 Å². The zero-order valence-corrected chi connectivity index (χ0v) is 13.0. The fraction of sp³-hybridized carbons (Fsp3) is 0.933. The van der Waals surface area contributed by atoms with Gasteiger partial charge in [0.1, 0.15) is 0 Å². The third-order valence-corrected chi connectivity index (χ3v) is 4.53. The summed E-state index contributed by atoms with van der Waals surface area (Å²) >= 11 is 0. The summed E-state index contributed by atoms with van der Waals surface area (Å²) in [5.41, 5.74) is 0. The van der Waals surface area contributed by atoms with Crippen LogP contribution < -0.4 is 10.6 Å². The topological polar surface area (TPSA) is 47.6 Å². The average molecular weight is 282 g/mol. The molecule has 2 fully saturated rings. The predicted molar refractivity (Wildman–Crippen MR) is 81.8 cm³/mol. The summed E-state index contributed by atoms with van der Waals surface area (Å²) in [4.78, 5) is 16.9. The highest BCUT2D eigenvalue weighted by atomic mass is 16.2. The highest BCUT2D eigenvalue weighted by Gasteiger charge is 2.24. The molecule has 0 bridgehead atoms. The first kappa shape index (κ1) is 15.7. The number of hydrogen-bond donors (Lipinski definition) is 2. The summed E-state index contributed by atoms with van der Waals surface area (Å²) < 4.78 is 0. The van der Waals surface area contributed by atoms with Crippen molar-refractivity contribution in [2.75, 3.05) is 52.9 Å². The minimum atomic E-state index is 0.0300. The van der Waals surface area contributed by atoms with Crippen LogP contribution in [-0.4, -0.2) is 74.6 Å². The van der Waals surface area contributed by atoms with Gasteiger partial charge in [0.2, 0.25) is 5.91 Å². The summed E-state index contributed by atoms with van der Waals surface area (Å²) in [7, 11) is 2.18. The Morgan fingerprint density at radius 2 is 2.05 bits per heavy atom. The Labute approximate surface area is 123 Å². The summed E-state index contributed by atoms with van der Waals surface area (Å²) in [6.45, 7) is 9.75. The summed E-state index contributed by atoms with van der Waals surface area (Å²) in [6, 6.07) is 0.0300. The second-order valence-corrected chi connectivity index (χ2v) is 6.43. The normalized spacial score (nSPS) is 29.3. The van der Waals surface area contributed by atoms with Crippen LogP contribution in [0.4, 0.5) is 0 Å². The maximum absolute atomic E-state index is 12.0. The van der Waals surface area contributed by atoms with Crippen molar-refractivity contribution < 1.29 is 4.79 Å². The van der Waals surface area contributed by atoms with E-state index in [1.807, 2.05) is 0 Å². The van der Waals surface area contributed by atoms with E-state index in [0.717, 1.165) is 58.7 Å². The molecule has 0 aliphatic carbocycles. The van der Waals surface area contributed by atoms with Crippen LogP contribution in [0.1, 0.15) is 26.2 Å². The van der Waals surface area contributed by atoms with E-state index in [-0.39, 0.29) is 11.9 Å². The number of carbonyl (C=O) groups excluding carboxylic acids is 1. The van der Waals surface area contributed by atoms with Crippen molar-refractivity contribution in [2.24, 2.45) is 5.92 Å². The van der Waals surface area contributed by atoms with E-state index in [0.29, 0.717) is 5.92 Å². The molecule has 0 radical (unpaired) electrons. The van der Waals surface area contributed by atoms with Gasteiger partial charge in [-0.15, -0.1) is 0 Å². The molecule has 2 rings (SSSR count). The summed E-state index contributed by atoms with van der Waals surface area (Å²) in [5.74, 6) is 0.854. The van der Waals surface area contributed by atoms with Crippen LogP contribution in [0.2, 0.25) is 0 Å². The Hall–Kier alpha value is -0.650. The molecule has 116 valence electrons. The Morgan fingerprint density at radius 3 is 2.75 bits per heavy atom. The number of carbonyl (C=O) groups is 1. The van der Waals surface area contributed by atoms with Gasteiger partial charge in [0.05, 0.1) is 6.04 Å². The second-order valence-electron chi connectivity index (χ2n) is 6.43. The molecule has 1 amide bonds. The number of nitrogens with zero attached hydrogens (tertiary/aromatic N) is 2. The molecular weight excluding hydrogens is 252 g/mol. The number of piperazine rings is 1. The van der Waals surface area contributed by atoms with Gasteiger partial charge in [-0.1, -0.05) is 6.92 Å². The number of piperidine rings is 1. The van der Waals surface area contributed by atoms with Gasteiger partial charge in [0.15, 0.2) is 0 Å². The Kier molecular flexibility index (Phi) is 6.26. The highest BCUT2D eigenvalue weighted by molar-refractivity contribution is 5.81. The SMILES string of the molecule is CC1CCNC(C(=O)NCCCN2CCN(C)CC2)C1. The van der Waals surface area contributed by atoms with Crippen LogP contribution in [0.5, 0.6) is 0 Å². The smallest absolute Gasteiger partial charge is 0.237 e. The molecular formula is C15H30N4O. The largest absolute Gasteiger partial charge is 0.355 e.